The standard InChI is InChI=1S/C9H10O3/c1-3(10)12-5-2-4-6-7(5)8(6)9(4)11/h4-8H,2H2,1H3. The summed E-state index contributed by atoms with van der Waals surface area (Å²) in [5.41, 5.74) is 0. The summed E-state index contributed by atoms with van der Waals surface area (Å²) in [5.74, 6) is 1.76. The highest BCUT2D eigenvalue weighted by Gasteiger charge is 2.77. The van der Waals surface area contributed by atoms with Gasteiger partial charge in [0.05, 0.1) is 0 Å². The monoisotopic (exact) mass is 166 g/mol. The molecule has 3 saturated carbocycles. The van der Waals surface area contributed by atoms with E-state index in [4.69, 9.17) is 4.74 Å². The largest absolute Gasteiger partial charge is 0.462 e. The number of carbonyl (C=O) groups is 2. The van der Waals surface area contributed by atoms with Gasteiger partial charge in [-0.25, -0.2) is 0 Å². The first-order chi connectivity index (χ1) is 5.70. The van der Waals surface area contributed by atoms with Crippen LogP contribution >= 0.6 is 0 Å². The average Bonchev–Trinajstić information content (AvgIpc) is 2.58. The van der Waals surface area contributed by atoms with Crippen LogP contribution in [0.25, 0.3) is 0 Å². The minimum absolute atomic E-state index is 0.0696. The molecule has 5 unspecified atom stereocenters. The maximum absolute atomic E-state index is 11.2. The molecule has 3 heteroatoms. The van der Waals surface area contributed by atoms with E-state index in [1.54, 1.807) is 0 Å². The molecule has 0 saturated heterocycles. The van der Waals surface area contributed by atoms with E-state index < -0.39 is 0 Å². The van der Waals surface area contributed by atoms with Crippen molar-refractivity contribution in [3.63, 3.8) is 0 Å². The van der Waals surface area contributed by atoms with Gasteiger partial charge in [-0.1, -0.05) is 0 Å². The molecule has 3 fully saturated rings. The van der Waals surface area contributed by atoms with Crippen LogP contribution in [0.1, 0.15) is 13.3 Å². The fourth-order valence-corrected chi connectivity index (χ4v) is 3.07. The summed E-state index contributed by atoms with van der Waals surface area (Å²) in [6, 6.07) is 0. The van der Waals surface area contributed by atoms with Crippen molar-refractivity contribution in [3.05, 3.63) is 0 Å². The first-order valence-electron chi connectivity index (χ1n) is 4.41. The van der Waals surface area contributed by atoms with Gasteiger partial charge in [0.1, 0.15) is 11.9 Å². The van der Waals surface area contributed by atoms with Crippen LogP contribution in [-0.2, 0) is 14.3 Å². The number of fused-ring (bicyclic) bond motifs is 1. The Hall–Kier alpha value is -0.860. The summed E-state index contributed by atoms with van der Waals surface area (Å²) in [5, 5.41) is 0. The van der Waals surface area contributed by atoms with E-state index in [0.29, 0.717) is 17.6 Å². The van der Waals surface area contributed by atoms with Gasteiger partial charge in [0, 0.05) is 24.7 Å². The lowest BCUT2D eigenvalue weighted by Crippen LogP contribution is -2.35. The van der Waals surface area contributed by atoms with Crippen molar-refractivity contribution in [1.29, 1.82) is 0 Å². The number of rotatable bonds is 1. The molecular weight excluding hydrogens is 156 g/mol. The van der Waals surface area contributed by atoms with E-state index in [0.717, 1.165) is 6.42 Å². The summed E-state index contributed by atoms with van der Waals surface area (Å²) in [6.07, 6.45) is 0.866. The van der Waals surface area contributed by atoms with Gasteiger partial charge in [-0.05, 0) is 12.3 Å². The van der Waals surface area contributed by atoms with Crippen molar-refractivity contribution in [2.45, 2.75) is 19.4 Å². The van der Waals surface area contributed by atoms with E-state index in [1.165, 1.54) is 6.92 Å². The number of hydrogen-bond donors (Lipinski definition) is 0. The van der Waals surface area contributed by atoms with E-state index in [2.05, 4.69) is 0 Å². The molecule has 5 atom stereocenters. The van der Waals surface area contributed by atoms with Crippen LogP contribution in [-0.4, -0.2) is 17.9 Å². The Labute approximate surface area is 70.1 Å². The molecule has 3 nitrogen and oxygen atoms in total. The molecule has 3 aliphatic rings. The predicted molar refractivity (Wildman–Crippen MR) is 39.1 cm³/mol. The molecule has 0 radical (unpaired) electrons. The van der Waals surface area contributed by atoms with Gasteiger partial charge < -0.3 is 4.74 Å². The molecule has 0 aromatic carbocycles. The molecule has 64 valence electrons. The molecule has 3 aliphatic carbocycles. The number of ketones is 1. The third-order valence-electron chi connectivity index (χ3n) is 3.52. The summed E-state index contributed by atoms with van der Waals surface area (Å²) in [4.78, 5) is 21.8. The molecule has 0 aromatic rings. The Morgan fingerprint density at radius 3 is 2.67 bits per heavy atom. The van der Waals surface area contributed by atoms with Gasteiger partial charge >= 0.3 is 5.97 Å². The second-order valence-electron chi connectivity index (χ2n) is 4.07. The third kappa shape index (κ3) is 0.551. The van der Waals surface area contributed by atoms with Crippen LogP contribution in [0.5, 0.6) is 0 Å². The smallest absolute Gasteiger partial charge is 0.302 e. The Morgan fingerprint density at radius 2 is 2.25 bits per heavy atom. The van der Waals surface area contributed by atoms with Crippen LogP contribution in [0.3, 0.4) is 0 Å². The summed E-state index contributed by atoms with van der Waals surface area (Å²) in [6.45, 7) is 1.43. The summed E-state index contributed by atoms with van der Waals surface area (Å²) in [7, 11) is 0. The summed E-state index contributed by atoms with van der Waals surface area (Å²) < 4.78 is 5.12. The maximum Gasteiger partial charge on any atom is 0.302 e. The SMILES string of the molecule is CC(=O)OC1CC2C(=O)C3C1C23. The highest BCUT2D eigenvalue weighted by atomic mass is 16.5. The minimum atomic E-state index is -0.209. The maximum atomic E-state index is 11.2. The van der Waals surface area contributed by atoms with Crippen molar-refractivity contribution in [2.75, 3.05) is 0 Å². The Balaban J connectivity index is 1.73. The highest BCUT2D eigenvalue weighted by molar-refractivity contribution is 5.96. The van der Waals surface area contributed by atoms with Crippen LogP contribution in [0.15, 0.2) is 0 Å². The summed E-state index contributed by atoms with van der Waals surface area (Å²) >= 11 is 0. The van der Waals surface area contributed by atoms with Crippen LogP contribution in [0, 0.1) is 23.7 Å². The van der Waals surface area contributed by atoms with Gasteiger partial charge in [0.25, 0.3) is 0 Å². The average molecular weight is 166 g/mol. The molecule has 3 rings (SSSR count). The Bertz CT molecular complexity index is 283. The molecule has 0 N–H and O–H groups in total. The number of hydrogen-bond acceptors (Lipinski definition) is 3. The molecular formula is C9H10O3. The second-order valence-corrected chi connectivity index (χ2v) is 4.07. The number of carbonyl (C=O) groups excluding carboxylic acids is 2. The van der Waals surface area contributed by atoms with Crippen molar-refractivity contribution in [2.24, 2.45) is 23.7 Å². The van der Waals surface area contributed by atoms with Crippen molar-refractivity contribution in [1.82, 2.24) is 0 Å². The van der Waals surface area contributed by atoms with Crippen LogP contribution in [0.4, 0.5) is 0 Å². The van der Waals surface area contributed by atoms with Crippen molar-refractivity contribution >= 4 is 11.8 Å². The number of esters is 1. The van der Waals surface area contributed by atoms with Crippen molar-refractivity contribution in [3.8, 4) is 0 Å². The molecule has 0 aromatic heterocycles. The zero-order chi connectivity index (χ0) is 8.46. The molecule has 0 aliphatic heterocycles. The molecule has 12 heavy (non-hydrogen) atoms. The zero-order valence-electron chi connectivity index (χ0n) is 6.82. The highest BCUT2D eigenvalue weighted by Crippen LogP contribution is 2.71. The van der Waals surface area contributed by atoms with E-state index in [9.17, 15) is 9.59 Å². The third-order valence-corrected chi connectivity index (χ3v) is 3.52. The first-order valence-corrected chi connectivity index (χ1v) is 4.41. The minimum Gasteiger partial charge on any atom is -0.462 e. The van der Waals surface area contributed by atoms with Gasteiger partial charge in [-0.3, -0.25) is 9.59 Å². The normalized spacial score (nSPS) is 52.8. The van der Waals surface area contributed by atoms with Crippen LogP contribution in [0.2, 0.25) is 0 Å². The number of ether oxygens (including phenoxy) is 1. The molecule has 0 amide bonds. The Morgan fingerprint density at radius 1 is 1.50 bits per heavy atom. The fraction of sp³-hybridized carbons (Fsp3) is 0.778. The van der Waals surface area contributed by atoms with Crippen LogP contribution < -0.4 is 0 Å². The number of Topliss-reactive ketones (excluding diaryl/α,β-unsaturated/α-hetero) is 1. The fourth-order valence-electron chi connectivity index (χ4n) is 3.07. The van der Waals surface area contributed by atoms with Crippen molar-refractivity contribution < 1.29 is 14.3 Å². The molecule has 0 spiro atoms. The molecule has 0 bridgehead atoms. The van der Waals surface area contributed by atoms with E-state index in [-0.39, 0.29) is 23.9 Å². The second kappa shape index (κ2) is 1.73. The Kier molecular flexibility index (Phi) is 0.955. The van der Waals surface area contributed by atoms with E-state index >= 15 is 0 Å². The van der Waals surface area contributed by atoms with Gasteiger partial charge in [-0.2, -0.15) is 0 Å². The zero-order valence-corrected chi connectivity index (χ0v) is 6.82. The predicted octanol–water partition coefficient (Wildman–Crippen LogP) is 0.383. The van der Waals surface area contributed by atoms with Gasteiger partial charge in [0.15, 0.2) is 0 Å². The van der Waals surface area contributed by atoms with E-state index in [1.807, 2.05) is 0 Å². The molecule has 0 heterocycles. The van der Waals surface area contributed by atoms with Gasteiger partial charge in [-0.15, -0.1) is 0 Å². The lowest BCUT2D eigenvalue weighted by atomic mass is 9.80. The lowest BCUT2D eigenvalue weighted by Gasteiger charge is -2.26. The van der Waals surface area contributed by atoms with Gasteiger partial charge in [0.2, 0.25) is 0 Å². The lowest BCUT2D eigenvalue weighted by molar-refractivity contribution is -0.150. The quantitative estimate of drug-likeness (QED) is 0.529. The topological polar surface area (TPSA) is 43.4 Å². The first kappa shape index (κ1) is 6.63.